The molecular formula is C14H8F4O. The number of Topliss-reactive ketones (excluding diaryl/α,β-unsaturated/α-hetero) is 1. The van der Waals surface area contributed by atoms with Gasteiger partial charge in [-0.05, 0) is 23.3 Å². The summed E-state index contributed by atoms with van der Waals surface area (Å²) in [5.41, 5.74) is 0.00202. The minimum Gasteiger partial charge on any atom is -0.284 e. The summed E-state index contributed by atoms with van der Waals surface area (Å²) in [6.07, 6.45) is -5.09. The molecule has 0 bridgehead atoms. The van der Waals surface area contributed by atoms with E-state index in [2.05, 4.69) is 0 Å². The Balaban J connectivity index is 2.50. The fourth-order valence-corrected chi connectivity index (χ4v) is 1.66. The van der Waals surface area contributed by atoms with Gasteiger partial charge < -0.3 is 0 Å². The summed E-state index contributed by atoms with van der Waals surface area (Å²) >= 11 is 0. The minimum absolute atomic E-state index is 0.356. The Hall–Kier alpha value is -2.17. The first-order valence-corrected chi connectivity index (χ1v) is 5.36. The maximum absolute atomic E-state index is 13.3. The molecule has 0 aliphatic heterocycles. The maximum atomic E-state index is 13.3. The van der Waals surface area contributed by atoms with Gasteiger partial charge in [-0.3, -0.25) is 4.79 Å². The summed E-state index contributed by atoms with van der Waals surface area (Å²) in [5, 5.41) is 0. The third-order valence-corrected chi connectivity index (χ3v) is 2.58. The molecule has 0 saturated carbocycles. The van der Waals surface area contributed by atoms with Crippen molar-refractivity contribution < 1.29 is 22.4 Å². The number of carbonyl (C=O) groups is 1. The Bertz CT molecular complexity index is 603. The summed E-state index contributed by atoms with van der Waals surface area (Å²) < 4.78 is 50.3. The predicted octanol–water partition coefficient (Wildman–Crippen LogP) is 4.24. The van der Waals surface area contributed by atoms with Gasteiger partial charge in [0, 0.05) is 0 Å². The number of carbonyl (C=O) groups excluding carboxylic acids is 1. The van der Waals surface area contributed by atoms with Crippen molar-refractivity contribution in [3.63, 3.8) is 0 Å². The number of halogens is 4. The van der Waals surface area contributed by atoms with Gasteiger partial charge in [-0.15, -0.1) is 0 Å². The number of ketones is 1. The second kappa shape index (κ2) is 4.84. The highest BCUT2D eigenvalue weighted by atomic mass is 19.4. The number of alkyl halides is 3. The van der Waals surface area contributed by atoms with Crippen molar-refractivity contribution in [3.8, 4) is 11.1 Å². The van der Waals surface area contributed by atoms with E-state index in [1.54, 1.807) is 30.3 Å². The summed E-state index contributed by atoms with van der Waals surface area (Å²) in [5.74, 6) is -3.36. The summed E-state index contributed by atoms with van der Waals surface area (Å²) in [7, 11) is 0. The van der Waals surface area contributed by atoms with Crippen LogP contribution >= 0.6 is 0 Å². The molecule has 1 nitrogen and oxygen atoms in total. The molecule has 5 heteroatoms. The Morgan fingerprint density at radius 1 is 0.895 bits per heavy atom. The zero-order valence-corrected chi connectivity index (χ0v) is 9.54. The van der Waals surface area contributed by atoms with Gasteiger partial charge in [0.25, 0.3) is 5.78 Å². The standard InChI is InChI=1S/C14H8F4O/c15-12-7-6-10(9-4-2-1-3-5-9)8-11(12)13(19)14(16,17)18/h1-8H. The summed E-state index contributed by atoms with van der Waals surface area (Å²) in [4.78, 5) is 11.1. The van der Waals surface area contributed by atoms with Crippen molar-refractivity contribution >= 4 is 5.78 Å². The topological polar surface area (TPSA) is 17.1 Å². The molecular weight excluding hydrogens is 260 g/mol. The van der Waals surface area contributed by atoms with Crippen LogP contribution in [0.2, 0.25) is 0 Å². The molecule has 0 atom stereocenters. The molecule has 0 aliphatic carbocycles. The average molecular weight is 268 g/mol. The molecule has 0 N–H and O–H groups in total. The molecule has 0 heterocycles. The molecule has 0 aliphatic rings. The van der Waals surface area contributed by atoms with Gasteiger partial charge in [-0.2, -0.15) is 13.2 Å². The first-order chi connectivity index (χ1) is 8.89. The van der Waals surface area contributed by atoms with Crippen molar-refractivity contribution in [3.05, 3.63) is 59.9 Å². The molecule has 2 aromatic carbocycles. The second-order valence-corrected chi connectivity index (χ2v) is 3.89. The van der Waals surface area contributed by atoms with Gasteiger partial charge in [-0.25, -0.2) is 4.39 Å². The van der Waals surface area contributed by atoms with Crippen molar-refractivity contribution in [2.24, 2.45) is 0 Å². The zero-order chi connectivity index (χ0) is 14.0. The van der Waals surface area contributed by atoms with Crippen LogP contribution in [0.25, 0.3) is 11.1 Å². The van der Waals surface area contributed by atoms with Crippen LogP contribution in [0.15, 0.2) is 48.5 Å². The fraction of sp³-hybridized carbons (Fsp3) is 0.0714. The number of rotatable bonds is 2. The third-order valence-electron chi connectivity index (χ3n) is 2.58. The van der Waals surface area contributed by atoms with Gasteiger partial charge in [0.05, 0.1) is 5.56 Å². The van der Waals surface area contributed by atoms with E-state index in [0.717, 1.165) is 12.1 Å². The fourth-order valence-electron chi connectivity index (χ4n) is 1.66. The Kier molecular flexibility index (Phi) is 3.38. The lowest BCUT2D eigenvalue weighted by molar-refractivity contribution is -0.0887. The van der Waals surface area contributed by atoms with Gasteiger partial charge >= 0.3 is 6.18 Å². The molecule has 0 saturated heterocycles. The molecule has 2 rings (SSSR count). The SMILES string of the molecule is O=C(c1cc(-c2ccccc2)ccc1F)C(F)(F)F. The van der Waals surface area contributed by atoms with E-state index in [1.807, 2.05) is 0 Å². The second-order valence-electron chi connectivity index (χ2n) is 3.89. The smallest absolute Gasteiger partial charge is 0.284 e. The van der Waals surface area contributed by atoms with E-state index in [9.17, 15) is 22.4 Å². The van der Waals surface area contributed by atoms with Crippen LogP contribution in [0, 0.1) is 5.82 Å². The number of hydrogen-bond donors (Lipinski definition) is 0. The van der Waals surface area contributed by atoms with Gasteiger partial charge in [-0.1, -0.05) is 36.4 Å². The zero-order valence-electron chi connectivity index (χ0n) is 9.54. The van der Waals surface area contributed by atoms with Crippen LogP contribution in [0.3, 0.4) is 0 Å². The third kappa shape index (κ3) is 2.81. The largest absolute Gasteiger partial charge is 0.454 e. The first-order valence-electron chi connectivity index (χ1n) is 5.36. The monoisotopic (exact) mass is 268 g/mol. The van der Waals surface area contributed by atoms with Crippen LogP contribution in [0.1, 0.15) is 10.4 Å². The summed E-state index contributed by atoms with van der Waals surface area (Å²) in [6.45, 7) is 0. The van der Waals surface area contributed by atoms with Crippen LogP contribution in [-0.4, -0.2) is 12.0 Å². The Morgan fingerprint density at radius 3 is 2.11 bits per heavy atom. The van der Waals surface area contributed by atoms with Crippen molar-refractivity contribution in [1.82, 2.24) is 0 Å². The lowest BCUT2D eigenvalue weighted by Crippen LogP contribution is -2.23. The van der Waals surface area contributed by atoms with Crippen LogP contribution < -0.4 is 0 Å². The van der Waals surface area contributed by atoms with Crippen molar-refractivity contribution in [2.45, 2.75) is 6.18 Å². The highest BCUT2D eigenvalue weighted by Gasteiger charge is 2.40. The van der Waals surface area contributed by atoms with E-state index < -0.39 is 23.3 Å². The highest BCUT2D eigenvalue weighted by molar-refractivity contribution is 6.01. The maximum Gasteiger partial charge on any atom is 0.454 e. The van der Waals surface area contributed by atoms with E-state index in [1.165, 1.54) is 6.07 Å². The molecule has 0 aromatic heterocycles. The molecule has 0 unspecified atom stereocenters. The molecule has 98 valence electrons. The van der Waals surface area contributed by atoms with Gasteiger partial charge in [0.15, 0.2) is 0 Å². The van der Waals surface area contributed by atoms with Crippen LogP contribution in [-0.2, 0) is 0 Å². The van der Waals surface area contributed by atoms with Crippen LogP contribution in [0.4, 0.5) is 17.6 Å². The van der Waals surface area contributed by atoms with E-state index in [-0.39, 0.29) is 0 Å². The van der Waals surface area contributed by atoms with Crippen LogP contribution in [0.5, 0.6) is 0 Å². The average Bonchev–Trinajstić information content (AvgIpc) is 2.38. The van der Waals surface area contributed by atoms with Gasteiger partial charge in [0.2, 0.25) is 0 Å². The summed E-state index contributed by atoms with van der Waals surface area (Å²) in [6, 6.07) is 11.6. The normalized spacial score (nSPS) is 11.4. The molecule has 0 spiro atoms. The molecule has 0 radical (unpaired) electrons. The molecule has 2 aromatic rings. The molecule has 19 heavy (non-hydrogen) atoms. The van der Waals surface area contributed by atoms with Crippen molar-refractivity contribution in [1.29, 1.82) is 0 Å². The Labute approximate surface area is 106 Å². The number of hydrogen-bond acceptors (Lipinski definition) is 1. The minimum atomic E-state index is -5.09. The lowest BCUT2D eigenvalue weighted by Gasteiger charge is -2.08. The lowest BCUT2D eigenvalue weighted by atomic mass is 10.0. The molecule has 0 fully saturated rings. The first kappa shape index (κ1) is 13.3. The van der Waals surface area contributed by atoms with Crippen molar-refractivity contribution in [2.75, 3.05) is 0 Å². The Morgan fingerprint density at radius 2 is 1.53 bits per heavy atom. The highest BCUT2D eigenvalue weighted by Crippen LogP contribution is 2.27. The quantitative estimate of drug-likeness (QED) is 0.588. The predicted molar refractivity (Wildman–Crippen MR) is 62.2 cm³/mol. The van der Waals surface area contributed by atoms with E-state index in [4.69, 9.17) is 0 Å². The molecule has 0 amide bonds. The van der Waals surface area contributed by atoms with Gasteiger partial charge in [0.1, 0.15) is 5.82 Å². The van der Waals surface area contributed by atoms with E-state index in [0.29, 0.717) is 11.1 Å². The number of benzene rings is 2. The van der Waals surface area contributed by atoms with E-state index >= 15 is 0 Å².